The molecule has 2 aromatic carbocycles. The first-order valence-corrected chi connectivity index (χ1v) is 16.1. The molecule has 0 nitrogen and oxygen atoms in total. The van der Waals surface area contributed by atoms with Gasteiger partial charge in [0.25, 0.3) is 0 Å². The van der Waals surface area contributed by atoms with Crippen LogP contribution in [0.1, 0.15) is 60.4 Å². The number of hydrogen-bond donors (Lipinski definition) is 0. The fraction of sp³-hybridized carbons (Fsp3) is 0.333. The lowest BCUT2D eigenvalue weighted by atomic mass is 10.1. The summed E-state index contributed by atoms with van der Waals surface area (Å²) in [5.41, 5.74) is 2.95. The third-order valence-corrected chi connectivity index (χ3v) is 14.6. The Morgan fingerprint density at radius 2 is 1.00 bits per heavy atom. The molecule has 0 bridgehead atoms. The number of unbranched alkanes of at least 4 members (excludes halogenated alkanes) is 2. The third-order valence-electron chi connectivity index (χ3n) is 7.14. The Kier molecular flexibility index (Phi) is 6.48. The Morgan fingerprint density at radius 3 is 1.36 bits per heavy atom. The van der Waals surface area contributed by atoms with E-state index in [4.69, 9.17) is 0 Å². The fourth-order valence-corrected chi connectivity index (χ4v) is 14.1. The minimum atomic E-state index is -2.27. The SMILES string of the molecule is CCCCc1ccc([Si]2(c3ccc(CCCC)cc3)c3cc(C)sc3-c3sc(C)cc32)cc1. The molecule has 0 saturated carbocycles. The van der Waals surface area contributed by atoms with Crippen LogP contribution in [0.3, 0.4) is 0 Å². The van der Waals surface area contributed by atoms with Gasteiger partial charge in [-0.05, 0) is 83.5 Å². The second-order valence-corrected chi connectivity index (χ2v) is 15.8. The molecule has 0 radical (unpaired) electrons. The van der Waals surface area contributed by atoms with Crippen LogP contribution in [-0.4, -0.2) is 8.07 Å². The molecule has 0 atom stereocenters. The summed E-state index contributed by atoms with van der Waals surface area (Å²) in [4.78, 5) is 5.95. The number of aryl methyl sites for hydroxylation is 4. The van der Waals surface area contributed by atoms with Crippen LogP contribution >= 0.6 is 22.7 Å². The number of fused-ring (bicyclic) bond motifs is 3. The lowest BCUT2D eigenvalue weighted by molar-refractivity contribution is 0.795. The van der Waals surface area contributed by atoms with Crippen molar-refractivity contribution in [2.75, 3.05) is 0 Å². The summed E-state index contributed by atoms with van der Waals surface area (Å²) < 4.78 is 0. The summed E-state index contributed by atoms with van der Waals surface area (Å²) in [6.07, 6.45) is 7.40. The molecule has 2 aromatic heterocycles. The van der Waals surface area contributed by atoms with Crippen molar-refractivity contribution in [1.82, 2.24) is 0 Å². The first kappa shape index (κ1) is 22.8. The smallest absolute Gasteiger partial charge is 0.140 e. The molecular weight excluding hydrogens is 453 g/mol. The van der Waals surface area contributed by atoms with Crippen LogP contribution < -0.4 is 20.7 Å². The van der Waals surface area contributed by atoms with E-state index >= 15 is 0 Å². The molecule has 1 aliphatic rings. The van der Waals surface area contributed by atoms with E-state index in [1.54, 1.807) is 20.7 Å². The molecule has 0 saturated heterocycles. The Labute approximate surface area is 208 Å². The van der Waals surface area contributed by atoms with Crippen molar-refractivity contribution >= 4 is 51.5 Å². The van der Waals surface area contributed by atoms with E-state index in [-0.39, 0.29) is 0 Å². The van der Waals surface area contributed by atoms with Gasteiger partial charge in [0.15, 0.2) is 8.07 Å². The Hall–Kier alpha value is -1.94. The van der Waals surface area contributed by atoms with Crippen LogP contribution in [0.2, 0.25) is 0 Å². The minimum absolute atomic E-state index is 1.18. The third kappa shape index (κ3) is 3.88. The maximum absolute atomic E-state index is 2.52. The van der Waals surface area contributed by atoms with Crippen LogP contribution in [-0.2, 0) is 12.8 Å². The molecule has 5 rings (SSSR count). The summed E-state index contributed by atoms with van der Waals surface area (Å²) in [6.45, 7) is 9.12. The van der Waals surface area contributed by atoms with E-state index < -0.39 is 8.07 Å². The zero-order valence-corrected chi connectivity index (χ0v) is 23.0. The Balaban J connectivity index is 1.71. The molecule has 170 valence electrons. The molecule has 0 aliphatic carbocycles. The van der Waals surface area contributed by atoms with Crippen LogP contribution in [0.15, 0.2) is 60.7 Å². The van der Waals surface area contributed by atoms with Gasteiger partial charge in [0.05, 0.1) is 0 Å². The predicted molar refractivity (Wildman–Crippen MR) is 152 cm³/mol. The summed E-state index contributed by atoms with van der Waals surface area (Å²) in [5, 5.41) is 6.32. The molecule has 0 spiro atoms. The second-order valence-electron chi connectivity index (χ2n) is 9.55. The highest BCUT2D eigenvalue weighted by molar-refractivity contribution is 7.34. The molecular formula is C30H34S2Si. The quantitative estimate of drug-likeness (QED) is 0.221. The molecule has 0 N–H and O–H groups in total. The summed E-state index contributed by atoms with van der Waals surface area (Å²) in [5.74, 6) is 0. The number of hydrogen-bond acceptors (Lipinski definition) is 2. The van der Waals surface area contributed by atoms with E-state index in [0.29, 0.717) is 0 Å². The summed E-state index contributed by atoms with van der Waals surface area (Å²) >= 11 is 4.00. The van der Waals surface area contributed by atoms with Gasteiger partial charge in [0, 0.05) is 19.5 Å². The standard InChI is InChI=1S/C30H34S2Si/c1-5-7-9-23-11-15-25(16-12-23)33(26-17-13-24(14-18-26)10-8-6-2)27-19-21(3)31-29(27)30-28(33)20-22(4)32-30/h11-20H,5-10H2,1-4H3. The molecule has 4 aromatic rings. The van der Waals surface area contributed by atoms with E-state index in [1.165, 1.54) is 69.2 Å². The molecule has 33 heavy (non-hydrogen) atoms. The minimum Gasteiger partial charge on any atom is -0.140 e. The maximum Gasteiger partial charge on any atom is 0.182 e. The van der Waals surface area contributed by atoms with Crippen LogP contribution in [0.5, 0.6) is 0 Å². The molecule has 1 aliphatic heterocycles. The largest absolute Gasteiger partial charge is 0.182 e. The van der Waals surface area contributed by atoms with Gasteiger partial charge in [-0.15, -0.1) is 22.7 Å². The highest BCUT2D eigenvalue weighted by atomic mass is 32.1. The molecule has 0 unspecified atom stereocenters. The van der Waals surface area contributed by atoms with E-state index in [2.05, 4.69) is 88.4 Å². The number of thiophene rings is 2. The van der Waals surface area contributed by atoms with Gasteiger partial charge < -0.3 is 0 Å². The van der Waals surface area contributed by atoms with Crippen LogP contribution in [0, 0.1) is 13.8 Å². The molecule has 0 fully saturated rings. The molecule has 3 heterocycles. The topological polar surface area (TPSA) is 0 Å². The monoisotopic (exact) mass is 486 g/mol. The van der Waals surface area contributed by atoms with E-state index in [0.717, 1.165) is 0 Å². The van der Waals surface area contributed by atoms with Crippen molar-refractivity contribution < 1.29 is 0 Å². The summed E-state index contributed by atoms with van der Waals surface area (Å²) in [6, 6.07) is 24.6. The first-order valence-electron chi connectivity index (χ1n) is 12.5. The van der Waals surface area contributed by atoms with Crippen molar-refractivity contribution in [3.05, 3.63) is 81.5 Å². The average Bonchev–Trinajstić information content (AvgIpc) is 3.46. The lowest BCUT2D eigenvalue weighted by Crippen LogP contribution is -2.72. The van der Waals surface area contributed by atoms with Gasteiger partial charge >= 0.3 is 0 Å². The van der Waals surface area contributed by atoms with Crippen LogP contribution in [0.4, 0.5) is 0 Å². The Morgan fingerprint density at radius 1 is 0.606 bits per heavy atom. The zero-order chi connectivity index (χ0) is 23.0. The van der Waals surface area contributed by atoms with Crippen LogP contribution in [0.25, 0.3) is 9.75 Å². The Bertz CT molecular complexity index is 1140. The molecule has 3 heteroatoms. The van der Waals surface area contributed by atoms with E-state index in [1.807, 2.05) is 22.7 Å². The maximum atomic E-state index is 2.52. The fourth-order valence-electron chi connectivity index (χ4n) is 5.46. The first-order chi connectivity index (χ1) is 16.1. The number of benzene rings is 2. The van der Waals surface area contributed by atoms with Gasteiger partial charge in [-0.1, -0.05) is 75.2 Å². The van der Waals surface area contributed by atoms with Crippen molar-refractivity contribution in [3.8, 4) is 9.75 Å². The average molecular weight is 487 g/mol. The number of rotatable bonds is 8. The van der Waals surface area contributed by atoms with Crippen molar-refractivity contribution in [3.63, 3.8) is 0 Å². The highest BCUT2D eigenvalue weighted by Gasteiger charge is 2.50. The van der Waals surface area contributed by atoms with Crippen molar-refractivity contribution in [1.29, 1.82) is 0 Å². The van der Waals surface area contributed by atoms with Crippen molar-refractivity contribution in [2.24, 2.45) is 0 Å². The summed E-state index contributed by atoms with van der Waals surface area (Å²) in [7, 11) is -2.27. The van der Waals surface area contributed by atoms with Crippen molar-refractivity contribution in [2.45, 2.75) is 66.2 Å². The lowest BCUT2D eigenvalue weighted by Gasteiger charge is -2.30. The molecule has 0 amide bonds. The van der Waals surface area contributed by atoms with Gasteiger partial charge in [-0.25, -0.2) is 0 Å². The van der Waals surface area contributed by atoms with Gasteiger partial charge in [0.2, 0.25) is 0 Å². The van der Waals surface area contributed by atoms with Gasteiger partial charge in [0.1, 0.15) is 0 Å². The highest BCUT2D eigenvalue weighted by Crippen LogP contribution is 2.39. The normalized spacial score (nSPS) is 13.8. The second kappa shape index (κ2) is 9.36. The van der Waals surface area contributed by atoms with E-state index in [9.17, 15) is 0 Å². The zero-order valence-electron chi connectivity index (χ0n) is 20.3. The van der Waals surface area contributed by atoms with Gasteiger partial charge in [-0.3, -0.25) is 0 Å². The van der Waals surface area contributed by atoms with Gasteiger partial charge in [-0.2, -0.15) is 0 Å². The predicted octanol–water partition coefficient (Wildman–Crippen LogP) is 6.47.